The van der Waals surface area contributed by atoms with E-state index in [2.05, 4.69) is 0 Å². The zero-order valence-corrected chi connectivity index (χ0v) is 13.6. The molecule has 4 atom stereocenters. The molecule has 1 aromatic carbocycles. The van der Waals surface area contributed by atoms with E-state index in [1.54, 1.807) is 13.8 Å². The molecule has 3 rings (SSSR count). The molecule has 22 heavy (non-hydrogen) atoms. The van der Waals surface area contributed by atoms with Crippen molar-refractivity contribution in [3.05, 3.63) is 35.9 Å². The molecular formula is C17H22O5. The number of ether oxygens (including phenoxy) is 4. The Morgan fingerprint density at radius 2 is 1.68 bits per heavy atom. The lowest BCUT2D eigenvalue weighted by molar-refractivity contribution is -0.363. The summed E-state index contributed by atoms with van der Waals surface area (Å²) in [6.07, 6.45) is -1.21. The standard InChI is InChI=1S/C17H22O5/c1-11-14(18)21-17(19-11)12(2)20-16(22-17,15(3,4)5)13-9-7-6-8-10-13/h6-12H,1-5H3/t11-,12?,16?,17?/m0/s1. The number of rotatable bonds is 1. The van der Waals surface area contributed by atoms with Gasteiger partial charge in [-0.2, -0.15) is 0 Å². The van der Waals surface area contributed by atoms with E-state index < -0.39 is 35.4 Å². The molecule has 2 aliphatic heterocycles. The molecule has 0 amide bonds. The highest BCUT2D eigenvalue weighted by Crippen LogP contribution is 2.55. The normalized spacial score (nSPS) is 38.5. The van der Waals surface area contributed by atoms with Crippen LogP contribution in [-0.2, 0) is 29.5 Å². The van der Waals surface area contributed by atoms with E-state index in [4.69, 9.17) is 18.9 Å². The fourth-order valence-electron chi connectivity index (χ4n) is 2.94. The van der Waals surface area contributed by atoms with Gasteiger partial charge in [0.2, 0.25) is 5.79 Å². The number of esters is 1. The monoisotopic (exact) mass is 306 g/mol. The molecule has 0 aliphatic carbocycles. The summed E-state index contributed by atoms with van der Waals surface area (Å²) in [5, 5.41) is 0. The third kappa shape index (κ3) is 2.07. The highest BCUT2D eigenvalue weighted by atomic mass is 17.0. The molecule has 3 unspecified atom stereocenters. The van der Waals surface area contributed by atoms with E-state index in [0.717, 1.165) is 5.56 Å². The predicted octanol–water partition coefficient (Wildman–Crippen LogP) is 2.94. The van der Waals surface area contributed by atoms with Gasteiger partial charge in [0.05, 0.1) is 0 Å². The van der Waals surface area contributed by atoms with E-state index in [9.17, 15) is 4.79 Å². The molecule has 0 saturated carbocycles. The summed E-state index contributed by atoms with van der Waals surface area (Å²) >= 11 is 0. The minimum atomic E-state index is -1.49. The van der Waals surface area contributed by atoms with Crippen molar-refractivity contribution in [1.82, 2.24) is 0 Å². The van der Waals surface area contributed by atoms with E-state index in [1.165, 1.54) is 0 Å². The lowest BCUT2D eigenvalue weighted by Crippen LogP contribution is -2.45. The number of hydrogen-bond donors (Lipinski definition) is 0. The van der Waals surface area contributed by atoms with Gasteiger partial charge in [0.25, 0.3) is 0 Å². The van der Waals surface area contributed by atoms with Crippen LogP contribution >= 0.6 is 0 Å². The summed E-state index contributed by atoms with van der Waals surface area (Å²) in [4.78, 5) is 11.8. The molecule has 0 N–H and O–H groups in total. The molecule has 2 saturated heterocycles. The summed E-state index contributed by atoms with van der Waals surface area (Å²) in [5.74, 6) is -2.98. The van der Waals surface area contributed by atoms with E-state index >= 15 is 0 Å². The van der Waals surface area contributed by atoms with Crippen LogP contribution in [0.3, 0.4) is 0 Å². The lowest BCUT2D eigenvalue weighted by atomic mass is 9.81. The second-order valence-corrected chi connectivity index (χ2v) is 6.88. The van der Waals surface area contributed by atoms with Crippen molar-refractivity contribution in [3.8, 4) is 0 Å². The first kappa shape index (κ1) is 15.5. The summed E-state index contributed by atoms with van der Waals surface area (Å²) in [5.41, 5.74) is 0.471. The molecule has 2 aliphatic rings. The summed E-state index contributed by atoms with van der Waals surface area (Å²) in [7, 11) is 0. The molecule has 0 radical (unpaired) electrons. The number of hydrogen-bond acceptors (Lipinski definition) is 5. The Bertz CT molecular complexity index is 578. The van der Waals surface area contributed by atoms with Crippen LogP contribution in [0.1, 0.15) is 40.2 Å². The zero-order valence-electron chi connectivity index (χ0n) is 13.6. The molecule has 120 valence electrons. The smallest absolute Gasteiger partial charge is 0.360 e. The van der Waals surface area contributed by atoms with Crippen molar-refractivity contribution in [3.63, 3.8) is 0 Å². The Labute approximate surface area is 130 Å². The van der Waals surface area contributed by atoms with Crippen molar-refractivity contribution < 1.29 is 23.7 Å². The maximum Gasteiger partial charge on any atom is 0.360 e. The summed E-state index contributed by atoms with van der Waals surface area (Å²) in [6, 6.07) is 9.67. The maximum absolute atomic E-state index is 11.8. The molecule has 2 heterocycles. The number of benzene rings is 1. The van der Waals surface area contributed by atoms with Gasteiger partial charge in [-0.3, -0.25) is 4.74 Å². The Morgan fingerprint density at radius 3 is 2.18 bits per heavy atom. The minimum Gasteiger partial charge on any atom is -0.403 e. The van der Waals surface area contributed by atoms with Gasteiger partial charge in [-0.05, 0) is 13.8 Å². The minimum absolute atomic E-state index is 0.395. The highest BCUT2D eigenvalue weighted by molar-refractivity contribution is 5.76. The summed E-state index contributed by atoms with van der Waals surface area (Å²) in [6.45, 7) is 9.50. The van der Waals surface area contributed by atoms with Crippen LogP contribution in [0.25, 0.3) is 0 Å². The van der Waals surface area contributed by atoms with Crippen molar-refractivity contribution >= 4 is 5.97 Å². The van der Waals surface area contributed by atoms with Crippen molar-refractivity contribution in [2.45, 2.75) is 58.6 Å². The highest BCUT2D eigenvalue weighted by Gasteiger charge is 2.67. The van der Waals surface area contributed by atoms with Gasteiger partial charge in [0.1, 0.15) is 0 Å². The van der Waals surface area contributed by atoms with Gasteiger partial charge in [0.15, 0.2) is 12.2 Å². The first-order valence-electron chi connectivity index (χ1n) is 7.54. The fraction of sp³-hybridized carbons (Fsp3) is 0.588. The van der Waals surface area contributed by atoms with Crippen LogP contribution in [0.4, 0.5) is 0 Å². The predicted molar refractivity (Wildman–Crippen MR) is 78.6 cm³/mol. The molecule has 0 aromatic heterocycles. The van der Waals surface area contributed by atoms with Crippen molar-refractivity contribution in [1.29, 1.82) is 0 Å². The van der Waals surface area contributed by atoms with Crippen LogP contribution in [-0.4, -0.2) is 24.2 Å². The first-order chi connectivity index (χ1) is 10.2. The SMILES string of the molecule is CC1OC(c2ccccc2)(C(C)(C)C)OC12OC(=O)[C@H](C)O2. The molecule has 5 nitrogen and oxygen atoms in total. The third-order valence-electron chi connectivity index (χ3n) is 4.18. The molecule has 2 fully saturated rings. The van der Waals surface area contributed by atoms with Crippen LogP contribution in [0.5, 0.6) is 0 Å². The van der Waals surface area contributed by atoms with Crippen molar-refractivity contribution in [2.75, 3.05) is 0 Å². The Hall–Kier alpha value is -1.43. The van der Waals surface area contributed by atoms with Gasteiger partial charge in [-0.25, -0.2) is 4.79 Å². The average molecular weight is 306 g/mol. The van der Waals surface area contributed by atoms with Gasteiger partial charge < -0.3 is 14.2 Å². The molecule has 5 heteroatoms. The maximum atomic E-state index is 11.8. The van der Waals surface area contributed by atoms with E-state index in [0.29, 0.717) is 0 Å². The largest absolute Gasteiger partial charge is 0.403 e. The van der Waals surface area contributed by atoms with Gasteiger partial charge in [0, 0.05) is 11.0 Å². The van der Waals surface area contributed by atoms with Crippen LogP contribution in [0, 0.1) is 5.41 Å². The Morgan fingerprint density at radius 1 is 1.05 bits per heavy atom. The number of carbonyl (C=O) groups excluding carboxylic acids is 1. The van der Waals surface area contributed by atoms with Crippen LogP contribution in [0.2, 0.25) is 0 Å². The quantitative estimate of drug-likeness (QED) is 0.747. The lowest BCUT2D eigenvalue weighted by Gasteiger charge is -2.40. The van der Waals surface area contributed by atoms with Gasteiger partial charge >= 0.3 is 11.9 Å². The molecular weight excluding hydrogens is 284 g/mol. The molecule has 0 bridgehead atoms. The Balaban J connectivity index is 2.06. The topological polar surface area (TPSA) is 54.0 Å². The third-order valence-corrected chi connectivity index (χ3v) is 4.18. The van der Waals surface area contributed by atoms with E-state index in [1.807, 2.05) is 51.1 Å². The first-order valence-corrected chi connectivity index (χ1v) is 7.54. The van der Waals surface area contributed by atoms with Gasteiger partial charge in [-0.1, -0.05) is 51.1 Å². The van der Waals surface area contributed by atoms with Crippen LogP contribution < -0.4 is 0 Å². The number of carbonyl (C=O) groups is 1. The van der Waals surface area contributed by atoms with Gasteiger partial charge in [-0.15, -0.1) is 0 Å². The average Bonchev–Trinajstić information content (AvgIpc) is 2.89. The molecule has 1 aromatic rings. The van der Waals surface area contributed by atoms with E-state index in [-0.39, 0.29) is 0 Å². The summed E-state index contributed by atoms with van der Waals surface area (Å²) < 4.78 is 23.5. The fourth-order valence-corrected chi connectivity index (χ4v) is 2.94. The zero-order chi connectivity index (χ0) is 16.2. The Kier molecular flexibility index (Phi) is 3.36. The second-order valence-electron chi connectivity index (χ2n) is 6.88. The molecule has 1 spiro atoms. The van der Waals surface area contributed by atoms with Crippen molar-refractivity contribution in [2.24, 2.45) is 5.41 Å². The van der Waals surface area contributed by atoms with Crippen LogP contribution in [0.15, 0.2) is 30.3 Å². The second kappa shape index (κ2) is 4.78.